The highest BCUT2D eigenvalue weighted by molar-refractivity contribution is 5.83. The number of nitrogens with one attached hydrogen (secondary N) is 1. The van der Waals surface area contributed by atoms with Crippen LogP contribution in [0.3, 0.4) is 0 Å². The van der Waals surface area contributed by atoms with Crippen LogP contribution in [0.2, 0.25) is 0 Å². The number of nitrogens with zero attached hydrogens (tertiary/aromatic N) is 4. The molecule has 0 spiro atoms. The summed E-state index contributed by atoms with van der Waals surface area (Å²) < 4.78 is 29.4. The van der Waals surface area contributed by atoms with Crippen molar-refractivity contribution in [1.29, 1.82) is 0 Å². The van der Waals surface area contributed by atoms with Crippen LogP contribution in [-0.2, 0) is 9.47 Å². The van der Waals surface area contributed by atoms with Crippen molar-refractivity contribution < 1.29 is 33.9 Å². The van der Waals surface area contributed by atoms with Crippen LogP contribution in [0.1, 0.15) is 38.1 Å². The van der Waals surface area contributed by atoms with Crippen molar-refractivity contribution in [2.24, 2.45) is 0 Å². The molecule has 0 radical (unpaired) electrons. The Morgan fingerprint density at radius 2 is 1.78 bits per heavy atom. The molecule has 3 N–H and O–H groups in total. The number of benzene rings is 1. The third-order valence-electron chi connectivity index (χ3n) is 6.14. The van der Waals surface area contributed by atoms with E-state index < -0.39 is 24.5 Å². The van der Waals surface area contributed by atoms with Crippen molar-refractivity contribution in [3.05, 3.63) is 30.4 Å². The van der Waals surface area contributed by atoms with Gasteiger partial charge in [-0.25, -0.2) is 15.0 Å². The van der Waals surface area contributed by atoms with E-state index in [1.807, 2.05) is 26.0 Å². The minimum absolute atomic E-state index is 0.184. The summed E-state index contributed by atoms with van der Waals surface area (Å²) in [5.41, 5.74) is 1.83. The zero-order valence-corrected chi connectivity index (χ0v) is 21.0. The summed E-state index contributed by atoms with van der Waals surface area (Å²) in [5.74, 6) is 2.09. The highest BCUT2D eigenvalue weighted by Gasteiger charge is 2.44. The van der Waals surface area contributed by atoms with Crippen LogP contribution >= 0.6 is 0 Å². The van der Waals surface area contributed by atoms with Gasteiger partial charge in [-0.15, -0.1) is 0 Å². The van der Waals surface area contributed by atoms with Crippen molar-refractivity contribution in [1.82, 2.24) is 19.5 Å². The van der Waals surface area contributed by atoms with Crippen LogP contribution in [0.4, 0.5) is 5.82 Å². The van der Waals surface area contributed by atoms with Crippen molar-refractivity contribution >= 4 is 17.0 Å². The number of aliphatic hydroxyl groups is 2. The zero-order valence-electron chi connectivity index (χ0n) is 21.0. The van der Waals surface area contributed by atoms with Gasteiger partial charge >= 0.3 is 0 Å². The summed E-state index contributed by atoms with van der Waals surface area (Å²) >= 11 is 0. The Morgan fingerprint density at radius 1 is 1.06 bits per heavy atom. The van der Waals surface area contributed by atoms with Crippen LogP contribution in [0.15, 0.2) is 24.8 Å². The molecular formula is C24H33N5O7. The molecule has 1 aromatic carbocycles. The molecule has 12 heteroatoms. The largest absolute Gasteiger partial charge is 0.493 e. The Labute approximate surface area is 209 Å². The van der Waals surface area contributed by atoms with Crippen LogP contribution in [0.25, 0.3) is 11.2 Å². The molecule has 3 aromatic rings. The Kier molecular flexibility index (Phi) is 8.09. The first kappa shape index (κ1) is 25.9. The molecule has 5 atom stereocenters. The topological polar surface area (TPSA) is 142 Å². The normalized spacial score (nSPS) is 22.5. The molecule has 196 valence electrons. The Balaban J connectivity index is 1.58. The third kappa shape index (κ3) is 4.89. The second-order valence-electron chi connectivity index (χ2n) is 8.49. The van der Waals surface area contributed by atoms with E-state index in [0.717, 1.165) is 12.0 Å². The van der Waals surface area contributed by atoms with Crippen LogP contribution in [0, 0.1) is 0 Å². The van der Waals surface area contributed by atoms with Crippen molar-refractivity contribution in [3.63, 3.8) is 0 Å². The van der Waals surface area contributed by atoms with Gasteiger partial charge in [0.1, 0.15) is 24.6 Å². The molecule has 1 aliphatic heterocycles. The van der Waals surface area contributed by atoms with E-state index in [1.165, 1.54) is 12.7 Å². The van der Waals surface area contributed by atoms with E-state index in [1.54, 1.807) is 25.9 Å². The number of hydrogen-bond acceptors (Lipinski definition) is 11. The monoisotopic (exact) mass is 503 g/mol. The van der Waals surface area contributed by atoms with Gasteiger partial charge in [-0.1, -0.05) is 6.92 Å². The number of imidazole rings is 1. The summed E-state index contributed by atoms with van der Waals surface area (Å²) in [6.45, 7) is 4.69. The zero-order chi connectivity index (χ0) is 25.8. The quantitative estimate of drug-likeness (QED) is 0.331. The van der Waals surface area contributed by atoms with Gasteiger partial charge in [0.05, 0.1) is 40.3 Å². The van der Waals surface area contributed by atoms with Gasteiger partial charge in [0, 0.05) is 6.61 Å². The van der Waals surface area contributed by atoms with Gasteiger partial charge < -0.3 is 39.2 Å². The lowest BCUT2D eigenvalue weighted by molar-refractivity contribution is -0.0652. The predicted molar refractivity (Wildman–Crippen MR) is 130 cm³/mol. The lowest BCUT2D eigenvalue weighted by Gasteiger charge is -2.19. The number of ether oxygens (including phenoxy) is 5. The molecule has 1 saturated heterocycles. The highest BCUT2D eigenvalue weighted by Crippen LogP contribution is 2.40. The maximum atomic E-state index is 10.6. The van der Waals surface area contributed by atoms with Crippen LogP contribution in [0.5, 0.6) is 17.2 Å². The highest BCUT2D eigenvalue weighted by atomic mass is 16.6. The minimum atomic E-state index is -1.16. The van der Waals surface area contributed by atoms with Crippen LogP contribution in [-0.4, -0.2) is 82.6 Å². The van der Waals surface area contributed by atoms with Crippen LogP contribution < -0.4 is 19.5 Å². The lowest BCUT2D eigenvalue weighted by Crippen LogP contribution is -2.33. The van der Waals surface area contributed by atoms with Gasteiger partial charge in [0.25, 0.3) is 0 Å². The fraction of sp³-hybridized carbons (Fsp3) is 0.542. The van der Waals surface area contributed by atoms with Gasteiger partial charge in [-0.05, 0) is 31.0 Å². The molecular weight excluding hydrogens is 470 g/mol. The van der Waals surface area contributed by atoms with Gasteiger partial charge in [-0.2, -0.15) is 0 Å². The molecule has 1 aliphatic rings. The molecule has 0 bridgehead atoms. The number of fused-ring (bicyclic) bond motifs is 1. The summed E-state index contributed by atoms with van der Waals surface area (Å²) in [6, 6.07) is 3.51. The Bertz CT molecular complexity index is 1150. The predicted octanol–water partition coefficient (Wildman–Crippen LogP) is 2.07. The first-order valence-corrected chi connectivity index (χ1v) is 11.8. The first-order valence-electron chi connectivity index (χ1n) is 11.8. The Hall–Kier alpha value is -3.19. The Morgan fingerprint density at radius 3 is 2.42 bits per heavy atom. The summed E-state index contributed by atoms with van der Waals surface area (Å²) in [7, 11) is 4.69. The number of methoxy groups -OCH3 is 3. The molecule has 0 saturated carbocycles. The summed E-state index contributed by atoms with van der Waals surface area (Å²) in [5, 5.41) is 24.5. The van der Waals surface area contributed by atoms with E-state index in [0.29, 0.717) is 40.8 Å². The first-order chi connectivity index (χ1) is 17.4. The molecule has 1 fully saturated rings. The minimum Gasteiger partial charge on any atom is -0.493 e. The smallest absolute Gasteiger partial charge is 0.203 e. The van der Waals surface area contributed by atoms with E-state index in [4.69, 9.17) is 23.7 Å². The second-order valence-corrected chi connectivity index (χ2v) is 8.49. The third-order valence-corrected chi connectivity index (χ3v) is 6.14. The SMILES string of the molecule is CCCOC[C@H]1O[C@@H](n2cnc3c(NC(C)c4cc(OC)c(OC)c(OC)c4)ncnc32)C(O)C1O. The number of aliphatic hydroxyl groups excluding tert-OH is 2. The van der Waals surface area contributed by atoms with E-state index in [9.17, 15) is 10.2 Å². The lowest BCUT2D eigenvalue weighted by atomic mass is 10.1. The summed E-state index contributed by atoms with van der Waals surface area (Å²) in [4.78, 5) is 13.2. The number of hydrogen-bond donors (Lipinski definition) is 3. The average Bonchev–Trinajstić information content (AvgIpc) is 3.44. The van der Waals surface area contributed by atoms with E-state index >= 15 is 0 Å². The number of anilines is 1. The van der Waals surface area contributed by atoms with E-state index in [2.05, 4.69) is 20.3 Å². The molecule has 0 amide bonds. The van der Waals surface area contributed by atoms with Crippen molar-refractivity contribution in [2.75, 3.05) is 39.9 Å². The fourth-order valence-corrected chi connectivity index (χ4v) is 4.22. The maximum absolute atomic E-state index is 10.6. The van der Waals surface area contributed by atoms with Gasteiger partial charge in [0.15, 0.2) is 34.7 Å². The van der Waals surface area contributed by atoms with Gasteiger partial charge in [0.2, 0.25) is 5.75 Å². The van der Waals surface area contributed by atoms with E-state index in [-0.39, 0.29) is 12.6 Å². The standard InChI is InChI=1S/C24H33N5O7/c1-6-7-35-10-17-19(30)20(31)24(36-17)29-12-27-18-22(25-11-26-23(18)29)28-13(2)14-8-15(32-3)21(34-5)16(9-14)33-4/h8-9,11-13,17,19-20,24,30-31H,6-7,10H2,1-5H3,(H,25,26,28)/t13?,17-,19?,20?,24-/m1/s1. The molecule has 3 heterocycles. The second kappa shape index (κ2) is 11.2. The van der Waals surface area contributed by atoms with Gasteiger partial charge in [-0.3, -0.25) is 4.57 Å². The molecule has 3 unspecified atom stereocenters. The van der Waals surface area contributed by atoms with Crippen molar-refractivity contribution in [2.45, 2.75) is 50.8 Å². The number of aromatic nitrogens is 4. The maximum Gasteiger partial charge on any atom is 0.203 e. The van der Waals surface area contributed by atoms with Crippen molar-refractivity contribution in [3.8, 4) is 17.2 Å². The molecule has 4 rings (SSSR count). The average molecular weight is 504 g/mol. The number of rotatable bonds is 11. The molecule has 0 aliphatic carbocycles. The molecule has 12 nitrogen and oxygen atoms in total. The fourth-order valence-electron chi connectivity index (χ4n) is 4.22. The molecule has 2 aromatic heterocycles. The molecule has 36 heavy (non-hydrogen) atoms. The summed E-state index contributed by atoms with van der Waals surface area (Å²) in [6.07, 6.45) is -0.00762.